The van der Waals surface area contributed by atoms with E-state index in [1.807, 2.05) is 0 Å². The molecule has 1 rings (SSSR count). The Labute approximate surface area is 140 Å². The fraction of sp³-hybridized carbons (Fsp3) is 0.500. The second-order valence-electron chi connectivity index (χ2n) is 4.99. The zero-order valence-electron chi connectivity index (χ0n) is 13.9. The van der Waals surface area contributed by atoms with Gasteiger partial charge in [0.25, 0.3) is 5.69 Å². The summed E-state index contributed by atoms with van der Waals surface area (Å²) in [5, 5.41) is 11.0. The van der Waals surface area contributed by atoms with Crippen LogP contribution in [0.25, 0.3) is 0 Å². The van der Waals surface area contributed by atoms with E-state index < -0.39 is 10.9 Å². The van der Waals surface area contributed by atoms with Crippen molar-refractivity contribution in [3.63, 3.8) is 0 Å². The lowest BCUT2D eigenvalue weighted by Crippen LogP contribution is -2.37. The van der Waals surface area contributed by atoms with Gasteiger partial charge in [0, 0.05) is 31.8 Å². The maximum Gasteiger partial charge on any atom is 0.307 e. The van der Waals surface area contributed by atoms with Crippen LogP contribution in [-0.2, 0) is 25.5 Å². The molecule has 8 nitrogen and oxygen atoms in total. The summed E-state index contributed by atoms with van der Waals surface area (Å²) in [6, 6.07) is 6.11. The van der Waals surface area contributed by atoms with Gasteiger partial charge in [-0.25, -0.2) is 0 Å². The van der Waals surface area contributed by atoms with E-state index in [2.05, 4.69) is 0 Å². The fourth-order valence-corrected chi connectivity index (χ4v) is 2.14. The summed E-state index contributed by atoms with van der Waals surface area (Å²) in [6.45, 7) is 2.78. The summed E-state index contributed by atoms with van der Waals surface area (Å²) < 4.78 is 9.82. The average molecular weight is 338 g/mol. The highest BCUT2D eigenvalue weighted by molar-refractivity contribution is 5.80. The maximum atomic E-state index is 12.5. The number of nitrogens with zero attached hydrogens (tertiary/aromatic N) is 2. The zero-order valence-corrected chi connectivity index (χ0v) is 13.9. The molecule has 0 unspecified atom stereocenters. The smallest absolute Gasteiger partial charge is 0.307 e. The lowest BCUT2D eigenvalue weighted by molar-refractivity contribution is -0.385. The van der Waals surface area contributed by atoms with Gasteiger partial charge in [0.15, 0.2) is 0 Å². The molecule has 0 aliphatic carbocycles. The van der Waals surface area contributed by atoms with E-state index in [1.54, 1.807) is 25.1 Å². The van der Waals surface area contributed by atoms with Crippen molar-refractivity contribution >= 4 is 17.6 Å². The van der Waals surface area contributed by atoms with Gasteiger partial charge in [-0.15, -0.1) is 0 Å². The van der Waals surface area contributed by atoms with E-state index in [4.69, 9.17) is 9.47 Å². The maximum absolute atomic E-state index is 12.5. The Kier molecular flexibility index (Phi) is 8.42. The molecule has 0 bridgehead atoms. The normalized spacial score (nSPS) is 10.2. The highest BCUT2D eigenvalue weighted by atomic mass is 16.6. The first-order valence-electron chi connectivity index (χ1n) is 7.64. The molecule has 1 aromatic rings. The van der Waals surface area contributed by atoms with Gasteiger partial charge in [-0.05, 0) is 6.92 Å². The molecule has 1 aromatic carbocycles. The van der Waals surface area contributed by atoms with Crippen molar-refractivity contribution in [2.75, 3.05) is 33.4 Å². The minimum absolute atomic E-state index is 0.0696. The van der Waals surface area contributed by atoms with Crippen molar-refractivity contribution in [1.29, 1.82) is 0 Å². The molecule has 0 fully saturated rings. The number of benzene rings is 1. The van der Waals surface area contributed by atoms with Gasteiger partial charge in [0.2, 0.25) is 5.91 Å². The number of nitro benzene ring substituents is 1. The minimum atomic E-state index is -0.513. The molecule has 0 heterocycles. The summed E-state index contributed by atoms with van der Waals surface area (Å²) in [5.74, 6) is -0.691. The van der Waals surface area contributed by atoms with Gasteiger partial charge in [0.1, 0.15) is 0 Å². The van der Waals surface area contributed by atoms with Gasteiger partial charge in [-0.2, -0.15) is 0 Å². The van der Waals surface area contributed by atoms with Crippen LogP contribution in [-0.4, -0.2) is 55.1 Å². The van der Waals surface area contributed by atoms with E-state index in [1.165, 1.54) is 18.1 Å². The molecule has 0 aliphatic rings. The predicted octanol–water partition coefficient (Wildman–Crippen LogP) is 1.57. The fourth-order valence-electron chi connectivity index (χ4n) is 2.14. The predicted molar refractivity (Wildman–Crippen MR) is 86.5 cm³/mol. The summed E-state index contributed by atoms with van der Waals surface area (Å²) in [5.41, 5.74) is 0.244. The second-order valence-corrected chi connectivity index (χ2v) is 4.99. The third-order valence-electron chi connectivity index (χ3n) is 3.34. The number of hydrogen-bond acceptors (Lipinski definition) is 6. The monoisotopic (exact) mass is 338 g/mol. The molecule has 0 aliphatic heterocycles. The summed E-state index contributed by atoms with van der Waals surface area (Å²) in [4.78, 5) is 35.9. The number of rotatable bonds is 10. The first-order valence-corrected chi connectivity index (χ1v) is 7.64. The Morgan fingerprint density at radius 2 is 1.96 bits per heavy atom. The Hall–Kier alpha value is -2.48. The molecule has 24 heavy (non-hydrogen) atoms. The van der Waals surface area contributed by atoms with Crippen molar-refractivity contribution < 1.29 is 24.0 Å². The van der Waals surface area contributed by atoms with E-state index in [0.717, 1.165) is 0 Å². The number of ether oxygens (including phenoxy) is 2. The van der Waals surface area contributed by atoms with Crippen molar-refractivity contribution in [3.8, 4) is 0 Å². The van der Waals surface area contributed by atoms with E-state index in [-0.39, 0.29) is 37.6 Å². The van der Waals surface area contributed by atoms with Crippen LogP contribution < -0.4 is 0 Å². The average Bonchev–Trinajstić information content (AvgIpc) is 2.55. The van der Waals surface area contributed by atoms with Crippen molar-refractivity contribution in [3.05, 3.63) is 39.9 Å². The summed E-state index contributed by atoms with van der Waals surface area (Å²) in [7, 11) is 1.51. The topological polar surface area (TPSA) is 99.0 Å². The first kappa shape index (κ1) is 19.6. The number of para-hydroxylation sites is 1. The molecule has 1 amide bonds. The van der Waals surface area contributed by atoms with Crippen LogP contribution in [0.3, 0.4) is 0 Å². The molecular weight excluding hydrogens is 316 g/mol. The Bertz CT molecular complexity index is 575. The van der Waals surface area contributed by atoms with Gasteiger partial charge >= 0.3 is 5.97 Å². The molecular formula is C16H22N2O6. The van der Waals surface area contributed by atoms with E-state index in [0.29, 0.717) is 18.7 Å². The highest BCUT2D eigenvalue weighted by Gasteiger charge is 2.20. The van der Waals surface area contributed by atoms with Gasteiger partial charge < -0.3 is 14.4 Å². The second kappa shape index (κ2) is 10.3. The molecule has 0 N–H and O–H groups in total. The van der Waals surface area contributed by atoms with E-state index in [9.17, 15) is 19.7 Å². The van der Waals surface area contributed by atoms with Crippen LogP contribution in [0.4, 0.5) is 5.69 Å². The Balaban J connectivity index is 2.77. The van der Waals surface area contributed by atoms with Crippen LogP contribution in [0.5, 0.6) is 0 Å². The Morgan fingerprint density at radius 1 is 1.25 bits per heavy atom. The van der Waals surface area contributed by atoms with Crippen LogP contribution in [0.15, 0.2) is 24.3 Å². The quantitative estimate of drug-likeness (QED) is 0.365. The van der Waals surface area contributed by atoms with Gasteiger partial charge in [-0.3, -0.25) is 19.7 Å². The summed E-state index contributed by atoms with van der Waals surface area (Å²) >= 11 is 0. The number of amides is 1. The Morgan fingerprint density at radius 3 is 2.58 bits per heavy atom. The van der Waals surface area contributed by atoms with Crippen LogP contribution >= 0.6 is 0 Å². The lowest BCUT2D eigenvalue weighted by atomic mass is 10.1. The molecule has 8 heteroatoms. The number of esters is 1. The molecule has 0 atom stereocenters. The van der Waals surface area contributed by atoms with Crippen molar-refractivity contribution in [2.45, 2.75) is 19.8 Å². The third kappa shape index (κ3) is 6.33. The SMILES string of the molecule is CCOC(=O)CCN(CCOC)C(=O)Cc1ccccc1[N+](=O)[O-]. The zero-order chi connectivity index (χ0) is 17.9. The van der Waals surface area contributed by atoms with Crippen LogP contribution in [0.1, 0.15) is 18.9 Å². The first-order chi connectivity index (χ1) is 11.5. The number of carbonyl (C=O) groups excluding carboxylic acids is 2. The van der Waals surface area contributed by atoms with Gasteiger partial charge in [-0.1, -0.05) is 18.2 Å². The minimum Gasteiger partial charge on any atom is -0.466 e. The number of hydrogen-bond donors (Lipinski definition) is 0. The molecule has 0 aromatic heterocycles. The number of nitro groups is 1. The van der Waals surface area contributed by atoms with Crippen molar-refractivity contribution in [1.82, 2.24) is 4.90 Å². The largest absolute Gasteiger partial charge is 0.466 e. The molecule has 0 saturated heterocycles. The third-order valence-corrected chi connectivity index (χ3v) is 3.34. The van der Waals surface area contributed by atoms with E-state index >= 15 is 0 Å². The molecule has 0 saturated carbocycles. The molecule has 132 valence electrons. The standard InChI is InChI=1S/C16H22N2O6/c1-3-24-16(20)8-9-17(10-11-23-2)15(19)12-13-6-4-5-7-14(13)18(21)22/h4-7H,3,8-12H2,1-2H3. The number of carbonyl (C=O) groups is 2. The molecule has 0 spiro atoms. The van der Waals surface area contributed by atoms with Gasteiger partial charge in [0.05, 0.1) is 31.0 Å². The van der Waals surface area contributed by atoms with Crippen LogP contribution in [0.2, 0.25) is 0 Å². The number of methoxy groups -OCH3 is 1. The van der Waals surface area contributed by atoms with Crippen molar-refractivity contribution in [2.24, 2.45) is 0 Å². The lowest BCUT2D eigenvalue weighted by Gasteiger charge is -2.22. The molecule has 0 radical (unpaired) electrons. The van der Waals surface area contributed by atoms with Crippen LogP contribution in [0, 0.1) is 10.1 Å². The highest BCUT2D eigenvalue weighted by Crippen LogP contribution is 2.18. The summed E-state index contributed by atoms with van der Waals surface area (Å²) in [6.07, 6.45) is -0.0378.